The molecule has 3 rings (SSSR count). The summed E-state index contributed by atoms with van der Waals surface area (Å²) in [6.07, 6.45) is 2.11. The van der Waals surface area contributed by atoms with Crippen LogP contribution < -0.4 is 5.32 Å². The Hall–Kier alpha value is -1.42. The fourth-order valence-electron chi connectivity index (χ4n) is 3.23. The maximum atomic E-state index is 13.2. The van der Waals surface area contributed by atoms with Crippen molar-refractivity contribution in [3.63, 3.8) is 0 Å². The first-order chi connectivity index (χ1) is 9.24. The van der Waals surface area contributed by atoms with E-state index in [1.54, 1.807) is 12.1 Å². The van der Waals surface area contributed by atoms with E-state index in [-0.39, 0.29) is 11.7 Å². The molecule has 0 aliphatic carbocycles. The van der Waals surface area contributed by atoms with Crippen molar-refractivity contribution in [3.8, 4) is 0 Å². The Morgan fingerprint density at radius 3 is 2.53 bits per heavy atom. The van der Waals surface area contributed by atoms with Crippen molar-refractivity contribution in [2.45, 2.75) is 12.8 Å². The molecule has 2 fully saturated rings. The molecule has 0 bridgehead atoms. The lowest BCUT2D eigenvalue weighted by atomic mass is 9.92. The quantitative estimate of drug-likeness (QED) is 0.838. The molecule has 0 aromatic heterocycles. The summed E-state index contributed by atoms with van der Waals surface area (Å²) in [7, 11) is 0. The fourth-order valence-corrected chi connectivity index (χ4v) is 3.23. The first-order valence-corrected chi connectivity index (χ1v) is 6.99. The summed E-state index contributed by atoms with van der Waals surface area (Å²) >= 11 is 0. The third-order valence-corrected chi connectivity index (χ3v) is 4.38. The minimum Gasteiger partial charge on any atom is -0.339 e. The summed E-state index contributed by atoms with van der Waals surface area (Å²) in [5.41, 5.74) is 0.463. The number of amides is 1. The van der Waals surface area contributed by atoms with Crippen LogP contribution in [0.5, 0.6) is 0 Å². The van der Waals surface area contributed by atoms with Crippen LogP contribution in [0.15, 0.2) is 24.3 Å². The molecule has 1 amide bonds. The van der Waals surface area contributed by atoms with Gasteiger partial charge in [-0.3, -0.25) is 4.79 Å². The van der Waals surface area contributed by atoms with E-state index in [9.17, 15) is 9.18 Å². The van der Waals surface area contributed by atoms with Gasteiger partial charge >= 0.3 is 0 Å². The third kappa shape index (κ3) is 2.63. The van der Waals surface area contributed by atoms with Gasteiger partial charge in [-0.1, -0.05) is 6.07 Å². The molecule has 3 nitrogen and oxygen atoms in total. The molecule has 1 aromatic carbocycles. The Kier molecular flexibility index (Phi) is 3.51. The molecule has 0 spiro atoms. The monoisotopic (exact) mass is 262 g/mol. The first-order valence-electron chi connectivity index (χ1n) is 6.99. The molecule has 19 heavy (non-hydrogen) atoms. The van der Waals surface area contributed by atoms with Crippen LogP contribution >= 0.6 is 0 Å². The van der Waals surface area contributed by atoms with Crippen molar-refractivity contribution in [2.75, 3.05) is 26.2 Å². The van der Waals surface area contributed by atoms with Gasteiger partial charge in [-0.05, 0) is 56.0 Å². The average molecular weight is 262 g/mol. The molecule has 0 saturated carbocycles. The van der Waals surface area contributed by atoms with Crippen LogP contribution in [0.25, 0.3) is 0 Å². The van der Waals surface area contributed by atoms with Crippen LogP contribution in [0, 0.1) is 17.7 Å². The zero-order valence-electron chi connectivity index (χ0n) is 10.9. The second-order valence-electron chi connectivity index (χ2n) is 5.56. The third-order valence-electron chi connectivity index (χ3n) is 4.38. The number of rotatable bonds is 1. The van der Waals surface area contributed by atoms with Crippen LogP contribution in [0.3, 0.4) is 0 Å². The lowest BCUT2D eigenvalue weighted by molar-refractivity contribution is 0.0758. The molecule has 0 radical (unpaired) electrons. The number of nitrogens with zero attached hydrogens (tertiary/aromatic N) is 1. The number of nitrogens with one attached hydrogen (secondary N) is 1. The van der Waals surface area contributed by atoms with Gasteiger partial charge in [0.05, 0.1) is 0 Å². The number of hydrogen-bond acceptors (Lipinski definition) is 2. The van der Waals surface area contributed by atoms with Gasteiger partial charge < -0.3 is 10.2 Å². The molecule has 2 atom stereocenters. The van der Waals surface area contributed by atoms with Gasteiger partial charge in [-0.25, -0.2) is 4.39 Å². The molecule has 102 valence electrons. The number of carbonyl (C=O) groups excluding carboxylic acids is 1. The largest absolute Gasteiger partial charge is 0.339 e. The van der Waals surface area contributed by atoms with Crippen LogP contribution in [0.4, 0.5) is 4.39 Å². The van der Waals surface area contributed by atoms with E-state index in [1.165, 1.54) is 12.1 Å². The van der Waals surface area contributed by atoms with Crippen molar-refractivity contribution in [1.82, 2.24) is 10.2 Å². The smallest absolute Gasteiger partial charge is 0.253 e. The Labute approximate surface area is 112 Å². The summed E-state index contributed by atoms with van der Waals surface area (Å²) in [6, 6.07) is 5.99. The Morgan fingerprint density at radius 2 is 1.89 bits per heavy atom. The zero-order chi connectivity index (χ0) is 13.2. The van der Waals surface area contributed by atoms with Crippen LogP contribution in [0.2, 0.25) is 0 Å². The van der Waals surface area contributed by atoms with Crippen LogP contribution in [0.1, 0.15) is 23.2 Å². The second kappa shape index (κ2) is 5.29. The van der Waals surface area contributed by atoms with Gasteiger partial charge in [-0.2, -0.15) is 0 Å². The highest BCUT2D eigenvalue weighted by Crippen LogP contribution is 2.27. The fraction of sp³-hybridized carbons (Fsp3) is 0.533. The lowest BCUT2D eigenvalue weighted by Crippen LogP contribution is -2.32. The van der Waals surface area contributed by atoms with Gasteiger partial charge in [0.15, 0.2) is 0 Å². The summed E-state index contributed by atoms with van der Waals surface area (Å²) in [5, 5.41) is 3.42. The van der Waals surface area contributed by atoms with Gasteiger partial charge in [0, 0.05) is 18.7 Å². The zero-order valence-corrected chi connectivity index (χ0v) is 10.9. The minimum absolute atomic E-state index is 0.0348. The first kappa shape index (κ1) is 12.6. The molecule has 0 unspecified atom stereocenters. The number of benzene rings is 1. The summed E-state index contributed by atoms with van der Waals surface area (Å²) in [6.45, 7) is 3.73. The SMILES string of the molecule is O=C(c1cccc(F)c1)N1CC[C@@H]2CNC[C@@H]2CC1. The van der Waals surface area contributed by atoms with E-state index in [1.807, 2.05) is 4.90 Å². The Morgan fingerprint density at radius 1 is 1.21 bits per heavy atom. The highest BCUT2D eigenvalue weighted by atomic mass is 19.1. The molecule has 2 aliphatic heterocycles. The molecular formula is C15H19FN2O. The van der Waals surface area contributed by atoms with Crippen molar-refractivity contribution >= 4 is 5.91 Å². The van der Waals surface area contributed by atoms with E-state index in [0.29, 0.717) is 17.4 Å². The predicted octanol–water partition coefficient (Wildman–Crippen LogP) is 1.90. The van der Waals surface area contributed by atoms with Crippen molar-refractivity contribution in [2.24, 2.45) is 11.8 Å². The lowest BCUT2D eigenvalue weighted by Gasteiger charge is -2.21. The minimum atomic E-state index is -0.346. The molecule has 2 aliphatic rings. The number of likely N-dealkylation sites (tertiary alicyclic amines) is 1. The van der Waals surface area contributed by atoms with Gasteiger partial charge in [0.1, 0.15) is 5.82 Å². The molecular weight excluding hydrogens is 243 g/mol. The molecule has 2 heterocycles. The second-order valence-corrected chi connectivity index (χ2v) is 5.56. The number of carbonyl (C=O) groups is 1. The summed E-state index contributed by atoms with van der Waals surface area (Å²) in [4.78, 5) is 14.3. The topological polar surface area (TPSA) is 32.3 Å². The molecule has 2 saturated heterocycles. The van der Waals surface area contributed by atoms with Gasteiger partial charge in [-0.15, -0.1) is 0 Å². The Bertz CT molecular complexity index is 463. The van der Waals surface area contributed by atoms with Crippen LogP contribution in [-0.4, -0.2) is 37.0 Å². The van der Waals surface area contributed by atoms with Crippen LogP contribution in [-0.2, 0) is 0 Å². The highest BCUT2D eigenvalue weighted by Gasteiger charge is 2.31. The predicted molar refractivity (Wildman–Crippen MR) is 71.4 cm³/mol. The Balaban J connectivity index is 1.70. The average Bonchev–Trinajstić information content (AvgIpc) is 2.77. The van der Waals surface area contributed by atoms with Crippen molar-refractivity contribution in [1.29, 1.82) is 0 Å². The standard InChI is InChI=1S/C15H19FN2O/c16-14-3-1-2-11(8-14)15(19)18-6-4-12-9-17-10-13(12)5-7-18/h1-3,8,12-13,17H,4-7,9-10H2/t12-,13+. The summed E-state index contributed by atoms with van der Waals surface area (Å²) in [5.74, 6) is 1.02. The molecule has 1 N–H and O–H groups in total. The van der Waals surface area contributed by atoms with E-state index in [0.717, 1.165) is 39.0 Å². The van der Waals surface area contributed by atoms with Crippen molar-refractivity contribution < 1.29 is 9.18 Å². The number of fused-ring (bicyclic) bond motifs is 1. The van der Waals surface area contributed by atoms with E-state index in [2.05, 4.69) is 5.32 Å². The maximum absolute atomic E-state index is 13.2. The molecule has 4 heteroatoms. The normalized spacial score (nSPS) is 26.9. The number of hydrogen-bond donors (Lipinski definition) is 1. The maximum Gasteiger partial charge on any atom is 0.253 e. The van der Waals surface area contributed by atoms with E-state index < -0.39 is 0 Å². The van der Waals surface area contributed by atoms with E-state index >= 15 is 0 Å². The number of halogens is 1. The van der Waals surface area contributed by atoms with E-state index in [4.69, 9.17) is 0 Å². The summed E-state index contributed by atoms with van der Waals surface area (Å²) < 4.78 is 13.2. The van der Waals surface area contributed by atoms with Gasteiger partial charge in [0.25, 0.3) is 5.91 Å². The molecule has 1 aromatic rings. The van der Waals surface area contributed by atoms with Gasteiger partial charge in [0.2, 0.25) is 0 Å². The van der Waals surface area contributed by atoms with Crippen molar-refractivity contribution in [3.05, 3.63) is 35.6 Å². The highest BCUT2D eigenvalue weighted by molar-refractivity contribution is 5.94.